The molecular weight excluding hydrogens is 292 g/mol. The van der Waals surface area contributed by atoms with Crippen molar-refractivity contribution >= 4 is 11.7 Å². The third kappa shape index (κ3) is 3.61. The van der Waals surface area contributed by atoms with Crippen LogP contribution in [-0.4, -0.2) is 40.0 Å². The molecule has 1 N–H and O–H groups in total. The number of hydrogen-bond acceptors (Lipinski definition) is 6. The molecule has 7 nitrogen and oxygen atoms in total. The van der Waals surface area contributed by atoms with Crippen molar-refractivity contribution < 1.29 is 4.79 Å². The Hall–Kier alpha value is -3.01. The van der Waals surface area contributed by atoms with Gasteiger partial charge < -0.3 is 10.2 Å². The van der Waals surface area contributed by atoms with Crippen LogP contribution in [-0.2, 0) is 0 Å². The molecule has 3 rings (SSSR count). The van der Waals surface area contributed by atoms with Gasteiger partial charge in [-0.25, -0.2) is 9.97 Å². The lowest BCUT2D eigenvalue weighted by molar-refractivity contribution is 0.0925. The SMILES string of the molecule is N#Cc1ccc(N2CCC(NC(=O)c3cnccn3)CC2)nc1. The van der Waals surface area contributed by atoms with Crippen LogP contribution in [0.25, 0.3) is 0 Å². The van der Waals surface area contributed by atoms with Crippen molar-refractivity contribution in [2.45, 2.75) is 18.9 Å². The topological polar surface area (TPSA) is 94.8 Å². The number of anilines is 1. The number of pyridine rings is 1. The molecule has 0 spiro atoms. The highest BCUT2D eigenvalue weighted by molar-refractivity contribution is 5.92. The van der Waals surface area contributed by atoms with Crippen LogP contribution in [0.1, 0.15) is 28.9 Å². The van der Waals surface area contributed by atoms with Gasteiger partial charge in [-0.3, -0.25) is 9.78 Å². The summed E-state index contributed by atoms with van der Waals surface area (Å²) in [5.41, 5.74) is 0.892. The van der Waals surface area contributed by atoms with E-state index in [4.69, 9.17) is 5.26 Å². The normalized spacial score (nSPS) is 15.0. The van der Waals surface area contributed by atoms with Crippen molar-refractivity contribution in [3.05, 3.63) is 48.2 Å². The maximum atomic E-state index is 12.1. The molecule has 116 valence electrons. The van der Waals surface area contributed by atoms with Gasteiger partial charge >= 0.3 is 0 Å². The Labute approximate surface area is 134 Å². The Morgan fingerprint density at radius 1 is 1.22 bits per heavy atom. The minimum atomic E-state index is -0.187. The monoisotopic (exact) mass is 308 g/mol. The number of nitriles is 1. The molecule has 2 aromatic rings. The van der Waals surface area contributed by atoms with Crippen molar-refractivity contribution in [1.82, 2.24) is 20.3 Å². The summed E-state index contributed by atoms with van der Waals surface area (Å²) in [6, 6.07) is 5.81. The third-order valence-electron chi connectivity index (χ3n) is 3.83. The van der Waals surface area contributed by atoms with E-state index in [1.54, 1.807) is 18.5 Å². The zero-order valence-electron chi connectivity index (χ0n) is 12.5. The van der Waals surface area contributed by atoms with Crippen molar-refractivity contribution in [1.29, 1.82) is 5.26 Å². The number of piperidine rings is 1. The number of aromatic nitrogens is 3. The Bertz CT molecular complexity index is 702. The molecule has 0 aliphatic carbocycles. The first kappa shape index (κ1) is 14.9. The fourth-order valence-corrected chi connectivity index (χ4v) is 2.57. The average Bonchev–Trinajstić information content (AvgIpc) is 2.63. The summed E-state index contributed by atoms with van der Waals surface area (Å²) in [7, 11) is 0. The van der Waals surface area contributed by atoms with E-state index in [1.165, 1.54) is 12.4 Å². The van der Waals surface area contributed by atoms with Gasteiger partial charge in [-0.2, -0.15) is 5.26 Å². The highest BCUT2D eigenvalue weighted by atomic mass is 16.1. The number of amides is 1. The summed E-state index contributed by atoms with van der Waals surface area (Å²) in [6.45, 7) is 1.62. The number of nitrogens with zero attached hydrogens (tertiary/aromatic N) is 5. The lowest BCUT2D eigenvalue weighted by Crippen LogP contribution is -2.45. The minimum Gasteiger partial charge on any atom is -0.356 e. The van der Waals surface area contributed by atoms with Crippen LogP contribution in [0.5, 0.6) is 0 Å². The maximum Gasteiger partial charge on any atom is 0.271 e. The van der Waals surface area contributed by atoms with Gasteiger partial charge in [-0.1, -0.05) is 0 Å². The van der Waals surface area contributed by atoms with Gasteiger partial charge in [0.05, 0.1) is 11.8 Å². The average molecular weight is 308 g/mol. The van der Waals surface area contributed by atoms with Crippen LogP contribution < -0.4 is 10.2 Å². The maximum absolute atomic E-state index is 12.1. The molecule has 1 saturated heterocycles. The number of nitrogens with one attached hydrogen (secondary N) is 1. The largest absolute Gasteiger partial charge is 0.356 e. The quantitative estimate of drug-likeness (QED) is 0.913. The molecule has 7 heteroatoms. The molecule has 1 aliphatic heterocycles. The fraction of sp³-hybridized carbons (Fsp3) is 0.312. The standard InChI is InChI=1S/C16H16N6O/c17-9-12-1-2-15(20-10-12)22-7-3-13(4-8-22)21-16(23)14-11-18-5-6-19-14/h1-2,5-6,10-11,13H,3-4,7-8H2,(H,21,23). The highest BCUT2D eigenvalue weighted by Crippen LogP contribution is 2.18. The van der Waals surface area contributed by atoms with Gasteiger partial charge in [0.1, 0.15) is 17.6 Å². The number of rotatable bonds is 3. The van der Waals surface area contributed by atoms with E-state index in [1.807, 2.05) is 6.07 Å². The fourth-order valence-electron chi connectivity index (χ4n) is 2.57. The van der Waals surface area contributed by atoms with Crippen molar-refractivity contribution in [2.24, 2.45) is 0 Å². The zero-order valence-corrected chi connectivity index (χ0v) is 12.5. The van der Waals surface area contributed by atoms with Gasteiger partial charge in [-0.15, -0.1) is 0 Å². The summed E-state index contributed by atoms with van der Waals surface area (Å²) in [6.07, 6.45) is 7.78. The van der Waals surface area contributed by atoms with E-state index in [0.717, 1.165) is 31.7 Å². The van der Waals surface area contributed by atoms with E-state index in [-0.39, 0.29) is 11.9 Å². The van der Waals surface area contributed by atoms with Crippen LogP contribution in [0.3, 0.4) is 0 Å². The minimum absolute atomic E-state index is 0.124. The molecule has 1 fully saturated rings. The zero-order chi connectivity index (χ0) is 16.1. The molecular formula is C16H16N6O. The molecule has 0 radical (unpaired) electrons. The van der Waals surface area contributed by atoms with Gasteiger partial charge in [0.2, 0.25) is 0 Å². The lowest BCUT2D eigenvalue weighted by Gasteiger charge is -2.33. The summed E-state index contributed by atoms with van der Waals surface area (Å²) < 4.78 is 0. The van der Waals surface area contributed by atoms with Gasteiger partial charge in [0.25, 0.3) is 5.91 Å². The molecule has 0 atom stereocenters. The molecule has 3 heterocycles. The van der Waals surface area contributed by atoms with Crippen LogP contribution in [0.4, 0.5) is 5.82 Å². The molecule has 0 saturated carbocycles. The Kier molecular flexibility index (Phi) is 4.43. The lowest BCUT2D eigenvalue weighted by atomic mass is 10.0. The van der Waals surface area contributed by atoms with E-state index in [9.17, 15) is 4.79 Å². The molecule has 1 amide bonds. The molecule has 0 unspecified atom stereocenters. The predicted molar refractivity (Wildman–Crippen MR) is 83.7 cm³/mol. The summed E-state index contributed by atoms with van der Waals surface area (Å²) in [4.78, 5) is 26.4. The van der Waals surface area contributed by atoms with Gasteiger partial charge in [0, 0.05) is 37.7 Å². The van der Waals surface area contributed by atoms with Crippen molar-refractivity contribution in [3.63, 3.8) is 0 Å². The number of hydrogen-bond donors (Lipinski definition) is 1. The summed E-state index contributed by atoms with van der Waals surface area (Å²) >= 11 is 0. The first-order valence-corrected chi connectivity index (χ1v) is 7.44. The predicted octanol–water partition coefficient (Wildman–Crippen LogP) is 1.14. The summed E-state index contributed by atoms with van der Waals surface area (Å²) in [5.74, 6) is 0.677. The van der Waals surface area contributed by atoms with Crippen LogP contribution >= 0.6 is 0 Å². The van der Waals surface area contributed by atoms with Crippen molar-refractivity contribution in [3.8, 4) is 6.07 Å². The third-order valence-corrected chi connectivity index (χ3v) is 3.83. The smallest absolute Gasteiger partial charge is 0.271 e. The van der Waals surface area contributed by atoms with Crippen LogP contribution in [0, 0.1) is 11.3 Å². The van der Waals surface area contributed by atoms with E-state index in [0.29, 0.717) is 11.3 Å². The van der Waals surface area contributed by atoms with E-state index >= 15 is 0 Å². The Balaban J connectivity index is 1.54. The van der Waals surface area contributed by atoms with Crippen molar-refractivity contribution in [2.75, 3.05) is 18.0 Å². The molecule has 0 bridgehead atoms. The van der Waals surface area contributed by atoms with Gasteiger partial charge in [0.15, 0.2) is 0 Å². The molecule has 23 heavy (non-hydrogen) atoms. The molecule has 1 aliphatic rings. The second-order valence-electron chi connectivity index (χ2n) is 5.34. The van der Waals surface area contributed by atoms with Crippen LogP contribution in [0.15, 0.2) is 36.9 Å². The summed E-state index contributed by atoms with van der Waals surface area (Å²) in [5, 5.41) is 11.8. The van der Waals surface area contributed by atoms with E-state index in [2.05, 4.69) is 31.2 Å². The number of carbonyl (C=O) groups is 1. The Morgan fingerprint density at radius 2 is 2.04 bits per heavy atom. The van der Waals surface area contributed by atoms with E-state index < -0.39 is 0 Å². The number of carbonyl (C=O) groups excluding carboxylic acids is 1. The first-order valence-electron chi connectivity index (χ1n) is 7.44. The van der Waals surface area contributed by atoms with Crippen LogP contribution in [0.2, 0.25) is 0 Å². The molecule has 0 aromatic carbocycles. The first-order chi connectivity index (χ1) is 11.3. The molecule has 2 aromatic heterocycles. The Morgan fingerprint density at radius 3 is 2.65 bits per heavy atom. The highest BCUT2D eigenvalue weighted by Gasteiger charge is 2.22. The second kappa shape index (κ2) is 6.83. The second-order valence-corrected chi connectivity index (χ2v) is 5.34. The van der Waals surface area contributed by atoms with Gasteiger partial charge in [-0.05, 0) is 25.0 Å².